The first-order valence-corrected chi connectivity index (χ1v) is 6.90. The summed E-state index contributed by atoms with van der Waals surface area (Å²) < 4.78 is 5.02. The highest BCUT2D eigenvalue weighted by Crippen LogP contribution is 2.23. The topological polar surface area (TPSA) is 39.2 Å². The van der Waals surface area contributed by atoms with E-state index in [0.717, 1.165) is 16.6 Å². The maximum absolute atomic E-state index is 11.8. The van der Waals surface area contributed by atoms with Crippen LogP contribution in [0.1, 0.15) is 17.3 Å². The number of rotatable bonds is 3. The summed E-state index contributed by atoms with van der Waals surface area (Å²) in [7, 11) is 0. The highest BCUT2D eigenvalue weighted by atomic mass is 16.5. The molecule has 3 rings (SSSR count). The summed E-state index contributed by atoms with van der Waals surface area (Å²) in [6.07, 6.45) is 1.64. The molecule has 21 heavy (non-hydrogen) atoms. The predicted octanol–water partition coefficient (Wildman–Crippen LogP) is 4.08. The lowest BCUT2D eigenvalue weighted by Crippen LogP contribution is -2.04. The zero-order valence-electron chi connectivity index (χ0n) is 11.7. The summed E-state index contributed by atoms with van der Waals surface area (Å²) >= 11 is 0. The average Bonchev–Trinajstić information content (AvgIpc) is 2.55. The zero-order chi connectivity index (χ0) is 14.7. The lowest BCUT2D eigenvalue weighted by atomic mass is 10.0. The monoisotopic (exact) mass is 277 g/mol. The normalized spacial score (nSPS) is 10.5. The molecule has 0 bridgehead atoms. The molecule has 0 aliphatic heterocycles. The average molecular weight is 277 g/mol. The summed E-state index contributed by atoms with van der Waals surface area (Å²) in [6.45, 7) is 2.16. The van der Waals surface area contributed by atoms with Crippen molar-refractivity contribution < 1.29 is 9.53 Å². The van der Waals surface area contributed by atoms with E-state index in [4.69, 9.17) is 4.74 Å². The molecule has 0 aliphatic rings. The number of ether oxygens (including phenoxy) is 1. The van der Waals surface area contributed by atoms with Crippen LogP contribution in [0.5, 0.6) is 0 Å². The number of benzene rings is 2. The molecule has 0 amide bonds. The smallest absolute Gasteiger partial charge is 0.338 e. The van der Waals surface area contributed by atoms with E-state index in [-0.39, 0.29) is 5.97 Å². The van der Waals surface area contributed by atoms with Crippen molar-refractivity contribution in [3.05, 3.63) is 66.4 Å². The van der Waals surface area contributed by atoms with Gasteiger partial charge in [0.2, 0.25) is 0 Å². The Kier molecular flexibility index (Phi) is 3.65. The van der Waals surface area contributed by atoms with Crippen LogP contribution in [-0.2, 0) is 4.74 Å². The van der Waals surface area contributed by atoms with Crippen LogP contribution in [0.25, 0.3) is 22.0 Å². The minimum Gasteiger partial charge on any atom is -0.462 e. The van der Waals surface area contributed by atoms with E-state index >= 15 is 0 Å². The van der Waals surface area contributed by atoms with Gasteiger partial charge in [-0.05, 0) is 35.9 Å². The first-order valence-electron chi connectivity index (χ1n) is 6.90. The van der Waals surface area contributed by atoms with Gasteiger partial charge in [0.15, 0.2) is 0 Å². The summed E-state index contributed by atoms with van der Waals surface area (Å²) in [5, 5.41) is 2.33. The number of nitrogens with zero attached hydrogens (tertiary/aromatic N) is 1. The Morgan fingerprint density at radius 1 is 1.05 bits per heavy atom. The second-order valence-corrected chi connectivity index (χ2v) is 4.71. The predicted molar refractivity (Wildman–Crippen MR) is 83.1 cm³/mol. The summed E-state index contributed by atoms with van der Waals surface area (Å²) in [4.78, 5) is 16.1. The molecule has 0 spiro atoms. The van der Waals surface area contributed by atoms with Crippen molar-refractivity contribution >= 4 is 16.7 Å². The number of fused-ring (bicyclic) bond motifs is 1. The van der Waals surface area contributed by atoms with Crippen molar-refractivity contribution in [2.75, 3.05) is 6.61 Å². The van der Waals surface area contributed by atoms with Crippen LogP contribution in [0.4, 0.5) is 0 Å². The van der Waals surface area contributed by atoms with Crippen LogP contribution < -0.4 is 0 Å². The molecule has 0 N–H and O–H groups in total. The van der Waals surface area contributed by atoms with E-state index in [1.54, 1.807) is 25.3 Å². The Labute approximate surface area is 123 Å². The molecule has 0 saturated heterocycles. The molecule has 3 aromatic rings. The van der Waals surface area contributed by atoms with E-state index in [9.17, 15) is 4.79 Å². The number of carbonyl (C=O) groups excluding carboxylic acids is 1. The molecular formula is C18H15NO2. The van der Waals surface area contributed by atoms with Crippen LogP contribution in [-0.4, -0.2) is 17.6 Å². The van der Waals surface area contributed by atoms with E-state index in [2.05, 4.69) is 29.2 Å². The van der Waals surface area contributed by atoms with Crippen molar-refractivity contribution in [1.29, 1.82) is 0 Å². The van der Waals surface area contributed by atoms with Gasteiger partial charge in [-0.15, -0.1) is 0 Å². The van der Waals surface area contributed by atoms with Gasteiger partial charge in [0.25, 0.3) is 0 Å². The summed E-state index contributed by atoms with van der Waals surface area (Å²) in [5.41, 5.74) is 2.28. The Bertz CT molecular complexity index is 796. The standard InChI is InChI=1S/C18H15NO2/c1-2-21-18(20)16-9-10-19-17(12-16)15-8-7-13-5-3-4-6-14(13)11-15/h3-12H,2H2,1H3. The van der Waals surface area contributed by atoms with Gasteiger partial charge in [-0.2, -0.15) is 0 Å². The molecular weight excluding hydrogens is 262 g/mol. The van der Waals surface area contributed by atoms with Crippen molar-refractivity contribution in [3.8, 4) is 11.3 Å². The molecule has 0 radical (unpaired) electrons. The van der Waals surface area contributed by atoms with Gasteiger partial charge < -0.3 is 4.74 Å². The van der Waals surface area contributed by atoms with Gasteiger partial charge in [0.1, 0.15) is 0 Å². The van der Waals surface area contributed by atoms with Gasteiger partial charge in [0, 0.05) is 11.8 Å². The largest absolute Gasteiger partial charge is 0.462 e. The maximum Gasteiger partial charge on any atom is 0.338 e. The summed E-state index contributed by atoms with van der Waals surface area (Å²) in [6, 6.07) is 17.7. The van der Waals surface area contributed by atoms with Gasteiger partial charge in [-0.1, -0.05) is 36.4 Å². The van der Waals surface area contributed by atoms with Gasteiger partial charge >= 0.3 is 5.97 Å². The highest BCUT2D eigenvalue weighted by Gasteiger charge is 2.09. The Morgan fingerprint density at radius 3 is 2.67 bits per heavy atom. The van der Waals surface area contributed by atoms with Crippen molar-refractivity contribution in [2.45, 2.75) is 6.92 Å². The van der Waals surface area contributed by atoms with Crippen LogP contribution in [0.15, 0.2) is 60.8 Å². The fourth-order valence-electron chi connectivity index (χ4n) is 2.28. The van der Waals surface area contributed by atoms with E-state index in [1.165, 1.54) is 5.39 Å². The van der Waals surface area contributed by atoms with E-state index in [0.29, 0.717) is 12.2 Å². The summed E-state index contributed by atoms with van der Waals surface area (Å²) in [5.74, 6) is -0.318. The second kappa shape index (κ2) is 5.75. The molecule has 0 atom stereocenters. The van der Waals surface area contributed by atoms with Crippen molar-refractivity contribution in [2.24, 2.45) is 0 Å². The van der Waals surface area contributed by atoms with Crippen LogP contribution in [0, 0.1) is 0 Å². The van der Waals surface area contributed by atoms with Crippen molar-refractivity contribution in [3.63, 3.8) is 0 Å². The second-order valence-electron chi connectivity index (χ2n) is 4.71. The fourth-order valence-corrected chi connectivity index (χ4v) is 2.28. The van der Waals surface area contributed by atoms with E-state index in [1.807, 2.05) is 18.2 Å². The molecule has 0 saturated carbocycles. The highest BCUT2D eigenvalue weighted by molar-refractivity contribution is 5.91. The third-order valence-electron chi connectivity index (χ3n) is 3.32. The fraction of sp³-hybridized carbons (Fsp3) is 0.111. The van der Waals surface area contributed by atoms with Crippen LogP contribution in [0.2, 0.25) is 0 Å². The minimum absolute atomic E-state index is 0.318. The molecule has 104 valence electrons. The Balaban J connectivity index is 2.02. The number of aromatic nitrogens is 1. The Hall–Kier alpha value is -2.68. The van der Waals surface area contributed by atoms with Crippen LogP contribution in [0.3, 0.4) is 0 Å². The van der Waals surface area contributed by atoms with Crippen LogP contribution >= 0.6 is 0 Å². The third kappa shape index (κ3) is 2.77. The molecule has 1 heterocycles. The lowest BCUT2D eigenvalue weighted by molar-refractivity contribution is 0.0526. The maximum atomic E-state index is 11.8. The Morgan fingerprint density at radius 2 is 1.86 bits per heavy atom. The molecule has 0 aliphatic carbocycles. The number of carbonyl (C=O) groups is 1. The minimum atomic E-state index is -0.318. The first-order chi connectivity index (χ1) is 10.3. The SMILES string of the molecule is CCOC(=O)c1ccnc(-c2ccc3ccccc3c2)c1. The molecule has 1 aromatic heterocycles. The number of hydrogen-bond acceptors (Lipinski definition) is 3. The number of pyridine rings is 1. The quantitative estimate of drug-likeness (QED) is 0.677. The van der Waals surface area contributed by atoms with Gasteiger partial charge in [-0.25, -0.2) is 4.79 Å². The zero-order valence-corrected chi connectivity index (χ0v) is 11.7. The van der Waals surface area contributed by atoms with E-state index < -0.39 is 0 Å². The molecule has 3 nitrogen and oxygen atoms in total. The van der Waals surface area contributed by atoms with Crippen molar-refractivity contribution in [1.82, 2.24) is 4.98 Å². The third-order valence-corrected chi connectivity index (χ3v) is 3.32. The van der Waals surface area contributed by atoms with Gasteiger partial charge in [0.05, 0.1) is 17.9 Å². The molecule has 0 unspecified atom stereocenters. The lowest BCUT2D eigenvalue weighted by Gasteiger charge is -2.06. The number of hydrogen-bond donors (Lipinski definition) is 0. The molecule has 0 fully saturated rings. The van der Waals surface area contributed by atoms with Gasteiger partial charge in [-0.3, -0.25) is 4.98 Å². The molecule has 3 heteroatoms. The molecule has 2 aromatic carbocycles. The number of esters is 1. The first kappa shape index (κ1) is 13.3.